The van der Waals surface area contributed by atoms with Gasteiger partial charge in [-0.3, -0.25) is 4.79 Å². The Morgan fingerprint density at radius 2 is 1.92 bits per heavy atom. The third-order valence-electron chi connectivity index (χ3n) is 1.33. The van der Waals surface area contributed by atoms with Crippen molar-refractivity contribution in [2.24, 2.45) is 5.73 Å². The molecule has 0 bridgehead atoms. The van der Waals surface area contributed by atoms with Gasteiger partial charge in [0.1, 0.15) is 0 Å². The monoisotopic (exact) mass is 173 g/mol. The molecule has 0 aliphatic rings. The summed E-state index contributed by atoms with van der Waals surface area (Å²) in [7, 11) is 0. The standard InChI is InChI=1S/C7H5F2NO2/c8-5-3(7(10)12)1-2-4(11)6(5)9/h1-2,11H,(H2,10,12). The van der Waals surface area contributed by atoms with Gasteiger partial charge < -0.3 is 10.8 Å². The van der Waals surface area contributed by atoms with Crippen molar-refractivity contribution in [1.29, 1.82) is 0 Å². The summed E-state index contributed by atoms with van der Waals surface area (Å²) in [5.74, 6) is -4.82. The summed E-state index contributed by atoms with van der Waals surface area (Å²) in [5, 5.41) is 8.64. The zero-order valence-corrected chi connectivity index (χ0v) is 5.84. The molecule has 3 N–H and O–H groups in total. The number of phenols is 1. The van der Waals surface area contributed by atoms with Crippen molar-refractivity contribution >= 4 is 5.91 Å². The molecule has 0 spiro atoms. The number of hydrogen-bond donors (Lipinski definition) is 2. The fourth-order valence-corrected chi connectivity index (χ4v) is 0.730. The van der Waals surface area contributed by atoms with Gasteiger partial charge in [-0.25, -0.2) is 4.39 Å². The molecule has 64 valence electrons. The van der Waals surface area contributed by atoms with Gasteiger partial charge in [-0.1, -0.05) is 0 Å². The van der Waals surface area contributed by atoms with Gasteiger partial charge in [-0.2, -0.15) is 4.39 Å². The molecule has 0 aliphatic carbocycles. The molecular formula is C7H5F2NO2. The number of amides is 1. The van der Waals surface area contributed by atoms with Crippen molar-refractivity contribution in [1.82, 2.24) is 0 Å². The predicted octanol–water partition coefficient (Wildman–Crippen LogP) is 0.769. The minimum absolute atomic E-state index is 0.578. The quantitative estimate of drug-likeness (QED) is 0.658. The average Bonchev–Trinajstić information content (AvgIpc) is 2.00. The van der Waals surface area contributed by atoms with Gasteiger partial charge in [0.25, 0.3) is 5.91 Å². The van der Waals surface area contributed by atoms with E-state index in [-0.39, 0.29) is 0 Å². The van der Waals surface area contributed by atoms with Gasteiger partial charge >= 0.3 is 0 Å². The number of benzene rings is 1. The van der Waals surface area contributed by atoms with Crippen LogP contribution < -0.4 is 5.73 Å². The first-order chi connectivity index (χ1) is 5.54. The van der Waals surface area contributed by atoms with E-state index in [1.54, 1.807) is 0 Å². The third-order valence-corrected chi connectivity index (χ3v) is 1.33. The van der Waals surface area contributed by atoms with Crippen LogP contribution in [0.1, 0.15) is 10.4 Å². The van der Waals surface area contributed by atoms with Crippen molar-refractivity contribution < 1.29 is 18.7 Å². The first kappa shape index (κ1) is 8.45. The Morgan fingerprint density at radius 1 is 1.33 bits per heavy atom. The third kappa shape index (κ3) is 1.20. The molecule has 1 aromatic rings. The molecule has 0 heterocycles. The first-order valence-corrected chi connectivity index (χ1v) is 3.01. The summed E-state index contributed by atoms with van der Waals surface area (Å²) in [6.45, 7) is 0. The van der Waals surface area contributed by atoms with Gasteiger partial charge in [0.2, 0.25) is 5.82 Å². The van der Waals surface area contributed by atoms with Crippen LogP contribution in [-0.4, -0.2) is 11.0 Å². The minimum Gasteiger partial charge on any atom is -0.505 e. The second-order valence-corrected chi connectivity index (χ2v) is 2.12. The smallest absolute Gasteiger partial charge is 0.251 e. The van der Waals surface area contributed by atoms with Crippen LogP contribution >= 0.6 is 0 Å². The molecule has 5 heteroatoms. The summed E-state index contributed by atoms with van der Waals surface area (Å²) in [5.41, 5.74) is 4.13. The normalized spacial score (nSPS) is 9.83. The van der Waals surface area contributed by atoms with Gasteiger partial charge in [0, 0.05) is 0 Å². The predicted molar refractivity (Wildman–Crippen MR) is 36.5 cm³/mol. The molecule has 0 saturated heterocycles. The highest BCUT2D eigenvalue weighted by Crippen LogP contribution is 2.20. The fourth-order valence-electron chi connectivity index (χ4n) is 0.730. The van der Waals surface area contributed by atoms with Crippen LogP contribution in [0.4, 0.5) is 8.78 Å². The van der Waals surface area contributed by atoms with Crippen LogP contribution in [0.15, 0.2) is 12.1 Å². The molecular weight excluding hydrogens is 168 g/mol. The molecule has 0 aromatic heterocycles. The van der Waals surface area contributed by atoms with Crippen LogP contribution in [0.5, 0.6) is 5.75 Å². The Balaban J connectivity index is 3.36. The highest BCUT2D eigenvalue weighted by atomic mass is 19.2. The molecule has 0 saturated carbocycles. The summed E-state index contributed by atoms with van der Waals surface area (Å²) in [6.07, 6.45) is 0. The molecule has 1 aromatic carbocycles. The average molecular weight is 173 g/mol. The number of carbonyl (C=O) groups excluding carboxylic acids is 1. The number of hydrogen-bond acceptors (Lipinski definition) is 2. The minimum atomic E-state index is -1.47. The van der Waals surface area contributed by atoms with E-state index in [4.69, 9.17) is 10.8 Å². The molecule has 1 rings (SSSR count). The zero-order chi connectivity index (χ0) is 9.30. The van der Waals surface area contributed by atoms with E-state index in [1.807, 2.05) is 0 Å². The van der Waals surface area contributed by atoms with Crippen molar-refractivity contribution in [3.8, 4) is 5.75 Å². The number of halogens is 2. The number of nitrogens with two attached hydrogens (primary N) is 1. The van der Waals surface area contributed by atoms with Gasteiger partial charge in [-0.15, -0.1) is 0 Å². The largest absolute Gasteiger partial charge is 0.505 e. The summed E-state index contributed by atoms with van der Waals surface area (Å²) >= 11 is 0. The zero-order valence-electron chi connectivity index (χ0n) is 5.84. The number of phenolic OH excluding ortho intramolecular Hbond substituents is 1. The molecule has 0 fully saturated rings. The first-order valence-electron chi connectivity index (χ1n) is 3.01. The molecule has 12 heavy (non-hydrogen) atoms. The Labute approximate surface area is 66.4 Å². The maximum atomic E-state index is 12.7. The Morgan fingerprint density at radius 3 is 2.42 bits per heavy atom. The number of rotatable bonds is 1. The molecule has 1 amide bonds. The van der Waals surface area contributed by atoms with E-state index in [0.717, 1.165) is 12.1 Å². The molecule has 0 unspecified atom stereocenters. The Kier molecular flexibility index (Phi) is 1.95. The van der Waals surface area contributed by atoms with E-state index in [0.29, 0.717) is 0 Å². The maximum absolute atomic E-state index is 12.7. The number of carbonyl (C=O) groups is 1. The lowest BCUT2D eigenvalue weighted by Crippen LogP contribution is -2.13. The van der Waals surface area contributed by atoms with Crippen molar-refractivity contribution in [2.45, 2.75) is 0 Å². The second-order valence-electron chi connectivity index (χ2n) is 2.12. The summed E-state index contributed by atoms with van der Waals surface area (Å²) < 4.78 is 25.2. The lowest BCUT2D eigenvalue weighted by molar-refractivity contribution is 0.0995. The number of aromatic hydroxyl groups is 1. The van der Waals surface area contributed by atoms with Crippen LogP contribution in [0.2, 0.25) is 0 Å². The van der Waals surface area contributed by atoms with E-state index < -0.39 is 28.9 Å². The van der Waals surface area contributed by atoms with E-state index in [1.165, 1.54) is 0 Å². The SMILES string of the molecule is NC(=O)c1ccc(O)c(F)c1F. The van der Waals surface area contributed by atoms with E-state index in [9.17, 15) is 13.6 Å². The lowest BCUT2D eigenvalue weighted by atomic mass is 10.2. The molecule has 3 nitrogen and oxygen atoms in total. The highest BCUT2D eigenvalue weighted by Gasteiger charge is 2.15. The van der Waals surface area contributed by atoms with Crippen molar-refractivity contribution in [3.05, 3.63) is 29.3 Å². The van der Waals surface area contributed by atoms with E-state index in [2.05, 4.69) is 0 Å². The van der Waals surface area contributed by atoms with Crippen LogP contribution in [0, 0.1) is 11.6 Å². The second kappa shape index (κ2) is 2.77. The fraction of sp³-hybridized carbons (Fsp3) is 0. The van der Waals surface area contributed by atoms with Crippen LogP contribution in [-0.2, 0) is 0 Å². The molecule has 0 radical (unpaired) electrons. The van der Waals surface area contributed by atoms with Gasteiger partial charge in [0.15, 0.2) is 11.6 Å². The summed E-state index contributed by atoms with van der Waals surface area (Å²) in [6, 6.07) is 1.77. The van der Waals surface area contributed by atoms with Gasteiger partial charge in [-0.05, 0) is 12.1 Å². The number of primary amides is 1. The van der Waals surface area contributed by atoms with E-state index >= 15 is 0 Å². The van der Waals surface area contributed by atoms with Gasteiger partial charge in [0.05, 0.1) is 5.56 Å². The topological polar surface area (TPSA) is 63.3 Å². The lowest BCUT2D eigenvalue weighted by Gasteiger charge is -2.00. The Hall–Kier alpha value is -1.65. The molecule has 0 atom stereocenters. The maximum Gasteiger partial charge on any atom is 0.251 e. The summed E-state index contributed by atoms with van der Waals surface area (Å²) in [4.78, 5) is 10.4. The van der Waals surface area contributed by atoms with Crippen LogP contribution in [0.3, 0.4) is 0 Å². The van der Waals surface area contributed by atoms with Crippen LogP contribution in [0.25, 0.3) is 0 Å². The van der Waals surface area contributed by atoms with Crippen molar-refractivity contribution in [3.63, 3.8) is 0 Å². The van der Waals surface area contributed by atoms with Crippen molar-refractivity contribution in [2.75, 3.05) is 0 Å². The Bertz CT molecular complexity index is 338. The highest BCUT2D eigenvalue weighted by molar-refractivity contribution is 5.93. The molecule has 0 aliphatic heterocycles.